The zero-order valence-electron chi connectivity index (χ0n) is 15.7. The van der Waals surface area contributed by atoms with Crippen LogP contribution in [0.25, 0.3) is 0 Å². The van der Waals surface area contributed by atoms with Gasteiger partial charge in [0, 0.05) is 12.8 Å². The SMILES string of the molecule is CCCCC(CC)CC(CC)(CC(CC)CCCC)[P+](=O)O. The second-order valence-corrected chi connectivity index (χ2v) is 8.59. The van der Waals surface area contributed by atoms with Crippen molar-refractivity contribution in [3.05, 3.63) is 0 Å². The summed E-state index contributed by atoms with van der Waals surface area (Å²) in [6.45, 7) is 11.0. The zero-order chi connectivity index (χ0) is 17.0. The summed E-state index contributed by atoms with van der Waals surface area (Å²) in [4.78, 5) is 10.1. The first-order chi connectivity index (χ1) is 10.5. The van der Waals surface area contributed by atoms with Crippen molar-refractivity contribution in [2.45, 2.75) is 110 Å². The van der Waals surface area contributed by atoms with Gasteiger partial charge in [-0.15, -0.1) is 0 Å². The summed E-state index contributed by atoms with van der Waals surface area (Å²) in [6, 6.07) is 0. The summed E-state index contributed by atoms with van der Waals surface area (Å²) in [6.07, 6.45) is 12.3. The van der Waals surface area contributed by atoms with Crippen LogP contribution in [0.1, 0.15) is 105 Å². The van der Waals surface area contributed by atoms with Gasteiger partial charge in [-0.1, -0.05) is 86.0 Å². The quantitative estimate of drug-likeness (QED) is 0.345. The fourth-order valence-corrected chi connectivity index (χ4v) is 4.72. The van der Waals surface area contributed by atoms with Gasteiger partial charge in [-0.05, 0) is 22.8 Å². The van der Waals surface area contributed by atoms with Crippen molar-refractivity contribution in [2.24, 2.45) is 11.8 Å². The topological polar surface area (TPSA) is 37.3 Å². The van der Waals surface area contributed by atoms with Gasteiger partial charge in [0.05, 0.1) is 0 Å². The van der Waals surface area contributed by atoms with Gasteiger partial charge in [0.1, 0.15) is 0 Å². The second kappa shape index (κ2) is 12.5. The monoisotopic (exact) mass is 331 g/mol. The van der Waals surface area contributed by atoms with Gasteiger partial charge in [0.25, 0.3) is 0 Å². The van der Waals surface area contributed by atoms with E-state index in [0.717, 1.165) is 32.1 Å². The molecule has 0 spiro atoms. The molecule has 3 unspecified atom stereocenters. The normalized spacial score (nSPS) is 17.8. The number of rotatable bonds is 14. The number of hydrogen-bond donors (Lipinski definition) is 1. The van der Waals surface area contributed by atoms with E-state index in [0.29, 0.717) is 11.8 Å². The molecular weight excluding hydrogens is 291 g/mol. The van der Waals surface area contributed by atoms with Crippen molar-refractivity contribution in [3.63, 3.8) is 0 Å². The van der Waals surface area contributed by atoms with Crippen molar-refractivity contribution >= 4 is 8.03 Å². The van der Waals surface area contributed by atoms with Gasteiger partial charge in [-0.3, -0.25) is 0 Å². The van der Waals surface area contributed by atoms with Crippen LogP contribution in [0, 0.1) is 11.8 Å². The van der Waals surface area contributed by atoms with Gasteiger partial charge in [-0.25, -0.2) is 0 Å². The average Bonchev–Trinajstić information content (AvgIpc) is 2.53. The molecule has 0 aromatic rings. The highest BCUT2D eigenvalue weighted by molar-refractivity contribution is 7.40. The Morgan fingerprint density at radius 3 is 1.50 bits per heavy atom. The van der Waals surface area contributed by atoms with E-state index >= 15 is 0 Å². The van der Waals surface area contributed by atoms with Gasteiger partial charge in [0.15, 0.2) is 5.16 Å². The maximum Gasteiger partial charge on any atom is 0.511 e. The molecule has 0 aliphatic heterocycles. The molecular formula is C19H40O2P+. The molecule has 1 N–H and O–H groups in total. The lowest BCUT2D eigenvalue weighted by Gasteiger charge is -2.29. The van der Waals surface area contributed by atoms with Crippen molar-refractivity contribution in [3.8, 4) is 0 Å². The lowest BCUT2D eigenvalue weighted by Crippen LogP contribution is -2.30. The predicted molar refractivity (Wildman–Crippen MR) is 98.7 cm³/mol. The molecule has 0 aliphatic carbocycles. The van der Waals surface area contributed by atoms with Crippen LogP contribution in [-0.4, -0.2) is 10.0 Å². The first-order valence-electron chi connectivity index (χ1n) is 9.65. The smallest absolute Gasteiger partial charge is 0.160 e. The first kappa shape index (κ1) is 22.1. The molecule has 22 heavy (non-hydrogen) atoms. The fourth-order valence-electron chi connectivity index (χ4n) is 3.62. The van der Waals surface area contributed by atoms with Crippen molar-refractivity contribution in [1.82, 2.24) is 0 Å². The second-order valence-electron chi connectivity index (χ2n) is 7.09. The molecule has 0 radical (unpaired) electrons. The van der Waals surface area contributed by atoms with E-state index in [9.17, 15) is 9.46 Å². The minimum Gasteiger partial charge on any atom is -0.160 e. The Morgan fingerprint density at radius 2 is 1.27 bits per heavy atom. The van der Waals surface area contributed by atoms with Crippen LogP contribution in [0.3, 0.4) is 0 Å². The minimum absolute atomic E-state index is 0.349. The third-order valence-corrected chi connectivity index (χ3v) is 6.98. The lowest BCUT2D eigenvalue weighted by atomic mass is 9.79. The van der Waals surface area contributed by atoms with Crippen LogP contribution in [0.5, 0.6) is 0 Å². The summed E-state index contributed by atoms with van der Waals surface area (Å²) in [5.41, 5.74) is 0. The Labute approximate surface area is 140 Å². The maximum absolute atomic E-state index is 12.3. The van der Waals surface area contributed by atoms with Crippen LogP contribution in [-0.2, 0) is 4.57 Å². The molecule has 0 rings (SSSR count). The van der Waals surface area contributed by atoms with E-state index < -0.39 is 8.03 Å². The largest absolute Gasteiger partial charge is 0.511 e. The average molecular weight is 332 g/mol. The molecule has 0 bridgehead atoms. The summed E-state index contributed by atoms with van der Waals surface area (Å²) in [5.74, 6) is 1.21. The number of unbranched alkanes of at least 4 members (excludes halogenated alkanes) is 2. The highest BCUT2D eigenvalue weighted by atomic mass is 31.1. The molecule has 2 nitrogen and oxygen atoms in total. The van der Waals surface area contributed by atoms with Crippen LogP contribution in [0.4, 0.5) is 0 Å². The van der Waals surface area contributed by atoms with Crippen molar-refractivity contribution < 1.29 is 9.46 Å². The van der Waals surface area contributed by atoms with E-state index in [1.807, 2.05) is 0 Å². The van der Waals surface area contributed by atoms with E-state index in [2.05, 4.69) is 34.6 Å². The third-order valence-electron chi connectivity index (χ3n) is 5.49. The van der Waals surface area contributed by atoms with E-state index in [1.165, 1.54) is 38.5 Å². The van der Waals surface area contributed by atoms with Crippen LogP contribution < -0.4 is 0 Å². The molecule has 3 heteroatoms. The standard InChI is InChI=1S/C19H39O2P/c1-6-11-13-17(8-3)15-19(10-5,22(20)21)16-18(9-4)14-12-7-2/h17-18H,6-16H2,1-5H3/p+1. The molecule has 132 valence electrons. The van der Waals surface area contributed by atoms with Gasteiger partial charge in [0.2, 0.25) is 0 Å². The lowest BCUT2D eigenvalue weighted by molar-refractivity contribution is 0.270. The van der Waals surface area contributed by atoms with Gasteiger partial charge >= 0.3 is 8.03 Å². The van der Waals surface area contributed by atoms with Crippen molar-refractivity contribution in [2.75, 3.05) is 0 Å². The predicted octanol–water partition coefficient (Wildman–Crippen LogP) is 7.08. The Hall–Kier alpha value is 0.0600. The molecule has 0 saturated carbocycles. The van der Waals surface area contributed by atoms with E-state index in [1.54, 1.807) is 0 Å². The van der Waals surface area contributed by atoms with Crippen LogP contribution >= 0.6 is 8.03 Å². The molecule has 0 heterocycles. The highest BCUT2D eigenvalue weighted by Crippen LogP contribution is 2.49. The highest BCUT2D eigenvalue weighted by Gasteiger charge is 2.49. The van der Waals surface area contributed by atoms with E-state index in [4.69, 9.17) is 0 Å². The summed E-state index contributed by atoms with van der Waals surface area (Å²) < 4.78 is 12.3. The molecule has 0 aliphatic rings. The van der Waals surface area contributed by atoms with Gasteiger partial charge < -0.3 is 0 Å². The summed E-state index contributed by atoms with van der Waals surface area (Å²) in [7, 11) is -2.10. The molecule has 0 fully saturated rings. The fraction of sp³-hybridized carbons (Fsp3) is 1.00. The zero-order valence-corrected chi connectivity index (χ0v) is 16.6. The molecule has 0 saturated heterocycles. The molecule has 0 aromatic heterocycles. The minimum atomic E-state index is -2.10. The maximum atomic E-state index is 12.3. The Balaban J connectivity index is 4.99. The van der Waals surface area contributed by atoms with Gasteiger partial charge in [-0.2, -0.15) is 4.89 Å². The number of hydrogen-bond acceptors (Lipinski definition) is 1. The van der Waals surface area contributed by atoms with Crippen molar-refractivity contribution in [1.29, 1.82) is 0 Å². The molecule has 3 atom stereocenters. The van der Waals surface area contributed by atoms with E-state index in [-0.39, 0.29) is 5.16 Å². The first-order valence-corrected chi connectivity index (χ1v) is 10.9. The van der Waals surface area contributed by atoms with Crippen LogP contribution in [0.2, 0.25) is 0 Å². The summed E-state index contributed by atoms with van der Waals surface area (Å²) >= 11 is 0. The van der Waals surface area contributed by atoms with Crippen LogP contribution in [0.15, 0.2) is 0 Å². The Kier molecular flexibility index (Phi) is 12.5. The Bertz CT molecular complexity index is 273. The molecule has 0 amide bonds. The Morgan fingerprint density at radius 1 is 0.864 bits per heavy atom. The third kappa shape index (κ3) is 7.55. The molecule has 0 aromatic carbocycles. The summed E-state index contributed by atoms with van der Waals surface area (Å²) in [5, 5.41) is -0.349.